The van der Waals surface area contributed by atoms with Gasteiger partial charge in [-0.05, 0) is 94.0 Å². The van der Waals surface area contributed by atoms with Crippen molar-refractivity contribution < 1.29 is 17.9 Å². The molecule has 154 valence electrons. The Balaban J connectivity index is 2.33. The van der Waals surface area contributed by atoms with E-state index >= 15 is 0 Å². The van der Waals surface area contributed by atoms with Crippen molar-refractivity contribution in [3.8, 4) is 11.5 Å². The van der Waals surface area contributed by atoms with E-state index in [0.29, 0.717) is 29.6 Å². The van der Waals surface area contributed by atoms with Crippen LogP contribution in [0.2, 0.25) is 0 Å². The number of nitrogens with one attached hydrogen (secondary N) is 1. The zero-order valence-corrected chi connectivity index (χ0v) is 18.7. The molecule has 5 nitrogen and oxygen atoms in total. The Morgan fingerprint density at radius 2 is 1.29 bits per heavy atom. The first kappa shape index (κ1) is 22.2. The molecular weight excluding hydrogens is 374 g/mol. The third kappa shape index (κ3) is 4.50. The number of benzene rings is 2. The summed E-state index contributed by atoms with van der Waals surface area (Å²) in [7, 11) is -3.65. The highest BCUT2D eigenvalue weighted by molar-refractivity contribution is 7.89. The maximum Gasteiger partial charge on any atom is 0.241 e. The van der Waals surface area contributed by atoms with Crippen LogP contribution >= 0.6 is 0 Å². The van der Waals surface area contributed by atoms with Crippen LogP contribution in [0.4, 0.5) is 0 Å². The summed E-state index contributed by atoms with van der Waals surface area (Å²) in [4.78, 5) is 0.379. The van der Waals surface area contributed by atoms with E-state index in [9.17, 15) is 8.42 Å². The van der Waals surface area contributed by atoms with Crippen LogP contribution in [0.5, 0.6) is 11.5 Å². The molecule has 28 heavy (non-hydrogen) atoms. The molecule has 0 unspecified atom stereocenters. The van der Waals surface area contributed by atoms with Crippen LogP contribution in [-0.2, 0) is 16.6 Å². The maximum absolute atomic E-state index is 13.1. The van der Waals surface area contributed by atoms with Gasteiger partial charge in [-0.2, -0.15) is 0 Å². The van der Waals surface area contributed by atoms with Gasteiger partial charge in [0.25, 0.3) is 0 Å². The highest BCUT2D eigenvalue weighted by atomic mass is 32.2. The third-order valence-electron chi connectivity index (χ3n) is 5.27. The molecule has 0 atom stereocenters. The third-order valence-corrected chi connectivity index (χ3v) is 6.95. The lowest BCUT2D eigenvalue weighted by atomic mass is 9.95. The Labute approximate surface area is 169 Å². The summed E-state index contributed by atoms with van der Waals surface area (Å²) in [6, 6.07) is 5.48. The standard InChI is InChI=1S/C22H31NO4S/c1-8-26-20-11-10-19(12-21(20)27-9-2)13-23-28(24,25)22-17(6)15(4)14(3)16(5)18(22)7/h10-12,23H,8-9,13H2,1-7H3. The minimum Gasteiger partial charge on any atom is -0.490 e. The van der Waals surface area contributed by atoms with Gasteiger partial charge in [0.2, 0.25) is 10.0 Å². The van der Waals surface area contributed by atoms with Crippen molar-refractivity contribution in [2.75, 3.05) is 13.2 Å². The van der Waals surface area contributed by atoms with E-state index in [1.165, 1.54) is 0 Å². The number of hydrogen-bond donors (Lipinski definition) is 1. The molecule has 0 radical (unpaired) electrons. The molecule has 0 aliphatic heterocycles. The first-order chi connectivity index (χ1) is 13.1. The molecule has 0 aromatic heterocycles. The molecular formula is C22H31NO4S. The fourth-order valence-electron chi connectivity index (χ4n) is 3.32. The lowest BCUT2D eigenvalue weighted by Gasteiger charge is -2.19. The van der Waals surface area contributed by atoms with E-state index in [2.05, 4.69) is 4.72 Å². The molecule has 0 bridgehead atoms. The number of hydrogen-bond acceptors (Lipinski definition) is 4. The van der Waals surface area contributed by atoms with Crippen molar-refractivity contribution in [2.45, 2.75) is 59.9 Å². The van der Waals surface area contributed by atoms with Crippen molar-refractivity contribution in [3.63, 3.8) is 0 Å². The molecule has 0 spiro atoms. The van der Waals surface area contributed by atoms with Crippen molar-refractivity contribution in [1.29, 1.82) is 0 Å². The number of sulfonamides is 1. The van der Waals surface area contributed by atoms with Crippen LogP contribution in [0.25, 0.3) is 0 Å². The van der Waals surface area contributed by atoms with Gasteiger partial charge in [-0.15, -0.1) is 0 Å². The summed E-state index contributed by atoms with van der Waals surface area (Å²) in [5, 5.41) is 0. The second-order valence-electron chi connectivity index (χ2n) is 6.93. The molecule has 6 heteroatoms. The Kier molecular flexibility index (Phi) is 7.12. The molecule has 0 aliphatic rings. The van der Waals surface area contributed by atoms with Gasteiger partial charge in [0, 0.05) is 6.54 Å². The van der Waals surface area contributed by atoms with Gasteiger partial charge in [0.1, 0.15) is 0 Å². The van der Waals surface area contributed by atoms with E-state index < -0.39 is 10.0 Å². The molecule has 0 amide bonds. The minimum atomic E-state index is -3.65. The number of ether oxygens (including phenoxy) is 2. The van der Waals surface area contributed by atoms with Crippen molar-refractivity contribution >= 4 is 10.0 Å². The molecule has 2 aromatic rings. The average molecular weight is 406 g/mol. The monoisotopic (exact) mass is 405 g/mol. The van der Waals surface area contributed by atoms with Gasteiger partial charge in [-0.3, -0.25) is 0 Å². The summed E-state index contributed by atoms with van der Waals surface area (Å²) < 4.78 is 40.1. The smallest absolute Gasteiger partial charge is 0.241 e. The van der Waals surface area contributed by atoms with Gasteiger partial charge < -0.3 is 9.47 Å². The zero-order valence-electron chi connectivity index (χ0n) is 17.9. The molecule has 0 aliphatic carbocycles. The fraction of sp³-hybridized carbons (Fsp3) is 0.455. The van der Waals surface area contributed by atoms with E-state index in [4.69, 9.17) is 9.47 Å². The predicted octanol–water partition coefficient (Wildman–Crippen LogP) is 4.50. The summed E-state index contributed by atoms with van der Waals surface area (Å²) in [5.41, 5.74) is 5.59. The van der Waals surface area contributed by atoms with E-state index in [0.717, 1.165) is 33.4 Å². The molecule has 0 saturated heterocycles. The highest BCUT2D eigenvalue weighted by Gasteiger charge is 2.23. The Morgan fingerprint density at radius 3 is 1.82 bits per heavy atom. The molecule has 0 fully saturated rings. The second kappa shape index (κ2) is 8.97. The molecule has 2 aromatic carbocycles. The lowest BCUT2D eigenvalue weighted by Crippen LogP contribution is -2.25. The van der Waals surface area contributed by atoms with Crippen molar-refractivity contribution in [1.82, 2.24) is 4.72 Å². The number of rotatable bonds is 8. The van der Waals surface area contributed by atoms with E-state index in [1.54, 1.807) is 0 Å². The lowest BCUT2D eigenvalue weighted by molar-refractivity contribution is 0.287. The normalized spacial score (nSPS) is 11.5. The van der Waals surface area contributed by atoms with Crippen LogP contribution < -0.4 is 14.2 Å². The first-order valence-corrected chi connectivity index (χ1v) is 11.1. The van der Waals surface area contributed by atoms with Gasteiger partial charge in [-0.25, -0.2) is 13.1 Å². The largest absolute Gasteiger partial charge is 0.490 e. The van der Waals surface area contributed by atoms with E-state index in [1.807, 2.05) is 66.7 Å². The highest BCUT2D eigenvalue weighted by Crippen LogP contribution is 2.31. The van der Waals surface area contributed by atoms with Gasteiger partial charge in [0.15, 0.2) is 11.5 Å². The van der Waals surface area contributed by atoms with Gasteiger partial charge in [0.05, 0.1) is 18.1 Å². The Morgan fingerprint density at radius 1 is 0.786 bits per heavy atom. The minimum absolute atomic E-state index is 0.180. The van der Waals surface area contributed by atoms with Crippen LogP contribution in [-0.4, -0.2) is 21.6 Å². The molecule has 2 rings (SSSR count). The van der Waals surface area contributed by atoms with Gasteiger partial charge >= 0.3 is 0 Å². The molecule has 1 N–H and O–H groups in total. The molecule has 0 heterocycles. The summed E-state index contributed by atoms with van der Waals surface area (Å²) in [5.74, 6) is 1.28. The zero-order chi connectivity index (χ0) is 21.1. The fourth-order valence-corrected chi connectivity index (χ4v) is 4.94. The first-order valence-electron chi connectivity index (χ1n) is 9.59. The van der Waals surface area contributed by atoms with Crippen molar-refractivity contribution in [3.05, 3.63) is 51.6 Å². The van der Waals surface area contributed by atoms with Gasteiger partial charge in [-0.1, -0.05) is 6.07 Å². The second-order valence-corrected chi connectivity index (χ2v) is 8.63. The SMILES string of the molecule is CCOc1ccc(CNS(=O)(=O)c2c(C)c(C)c(C)c(C)c2C)cc1OCC. The Hall–Kier alpha value is -2.05. The average Bonchev–Trinajstić information content (AvgIpc) is 2.65. The Bertz CT molecular complexity index is 936. The molecule has 0 saturated carbocycles. The topological polar surface area (TPSA) is 64.6 Å². The summed E-state index contributed by atoms with van der Waals surface area (Å²) in [6.45, 7) is 14.7. The maximum atomic E-state index is 13.1. The van der Waals surface area contributed by atoms with Crippen LogP contribution in [0.15, 0.2) is 23.1 Å². The van der Waals surface area contributed by atoms with E-state index in [-0.39, 0.29) is 6.54 Å². The van der Waals surface area contributed by atoms with Crippen LogP contribution in [0.3, 0.4) is 0 Å². The van der Waals surface area contributed by atoms with Crippen LogP contribution in [0.1, 0.15) is 47.2 Å². The summed E-state index contributed by atoms with van der Waals surface area (Å²) >= 11 is 0. The predicted molar refractivity (Wildman–Crippen MR) is 113 cm³/mol. The quantitative estimate of drug-likeness (QED) is 0.702. The van der Waals surface area contributed by atoms with Crippen LogP contribution in [0, 0.1) is 34.6 Å². The summed E-state index contributed by atoms with van der Waals surface area (Å²) in [6.07, 6.45) is 0. The van der Waals surface area contributed by atoms with Crippen molar-refractivity contribution in [2.24, 2.45) is 0 Å².